The average Bonchev–Trinajstić information content (AvgIpc) is 2.99. The number of nitrogens with one attached hydrogen (secondary N) is 2. The fourth-order valence-electron chi connectivity index (χ4n) is 2.19. The lowest BCUT2D eigenvalue weighted by Crippen LogP contribution is -2.37. The van der Waals surface area contributed by atoms with E-state index in [9.17, 15) is 4.79 Å². The molecule has 1 aromatic rings. The van der Waals surface area contributed by atoms with E-state index >= 15 is 0 Å². The quantitative estimate of drug-likeness (QED) is 0.736. The van der Waals surface area contributed by atoms with Crippen molar-refractivity contribution in [3.8, 4) is 5.75 Å². The third-order valence-electron chi connectivity index (χ3n) is 3.34. The van der Waals surface area contributed by atoms with Gasteiger partial charge in [0.2, 0.25) is 0 Å². The molecule has 1 aliphatic rings. The molecule has 1 fully saturated rings. The van der Waals surface area contributed by atoms with Gasteiger partial charge in [0, 0.05) is 25.3 Å². The lowest BCUT2D eigenvalue weighted by atomic mass is 10.2. The molecular formula is C15H22N2O3. The highest BCUT2D eigenvalue weighted by molar-refractivity contribution is 5.94. The van der Waals surface area contributed by atoms with E-state index in [1.54, 1.807) is 31.4 Å². The van der Waals surface area contributed by atoms with E-state index < -0.39 is 0 Å². The Hall–Kier alpha value is -1.59. The molecule has 5 nitrogen and oxygen atoms in total. The van der Waals surface area contributed by atoms with Gasteiger partial charge < -0.3 is 20.1 Å². The second-order valence-electron chi connectivity index (χ2n) is 4.87. The van der Waals surface area contributed by atoms with Crippen LogP contribution in [0.2, 0.25) is 0 Å². The smallest absolute Gasteiger partial charge is 0.251 e. The highest BCUT2D eigenvalue weighted by Crippen LogP contribution is 2.12. The van der Waals surface area contributed by atoms with Crippen LogP contribution in [0.15, 0.2) is 24.3 Å². The van der Waals surface area contributed by atoms with Crippen LogP contribution < -0.4 is 15.4 Å². The Kier molecular flexibility index (Phi) is 5.83. The summed E-state index contributed by atoms with van der Waals surface area (Å²) in [4.78, 5) is 12.0. The maximum Gasteiger partial charge on any atom is 0.251 e. The van der Waals surface area contributed by atoms with Crippen molar-refractivity contribution in [3.05, 3.63) is 29.8 Å². The summed E-state index contributed by atoms with van der Waals surface area (Å²) in [6, 6.07) is 7.58. The van der Waals surface area contributed by atoms with Crippen LogP contribution in [0.25, 0.3) is 0 Å². The molecule has 0 bridgehead atoms. The van der Waals surface area contributed by atoms with Gasteiger partial charge >= 0.3 is 0 Å². The molecule has 20 heavy (non-hydrogen) atoms. The molecule has 0 spiro atoms. The monoisotopic (exact) mass is 278 g/mol. The van der Waals surface area contributed by atoms with Gasteiger partial charge in [-0.2, -0.15) is 0 Å². The molecule has 0 radical (unpaired) electrons. The van der Waals surface area contributed by atoms with Gasteiger partial charge in [-0.3, -0.25) is 4.79 Å². The van der Waals surface area contributed by atoms with Crippen molar-refractivity contribution in [2.24, 2.45) is 0 Å². The summed E-state index contributed by atoms with van der Waals surface area (Å²) in [6.07, 6.45) is 2.32. The lowest BCUT2D eigenvalue weighted by Gasteiger charge is -2.11. The molecule has 1 atom stereocenters. The Bertz CT molecular complexity index is 414. The minimum atomic E-state index is -0.0397. The van der Waals surface area contributed by atoms with Crippen molar-refractivity contribution in [2.75, 3.05) is 33.4 Å². The van der Waals surface area contributed by atoms with Gasteiger partial charge in [0.05, 0.1) is 6.61 Å². The van der Waals surface area contributed by atoms with Crippen molar-refractivity contribution in [1.29, 1.82) is 0 Å². The van der Waals surface area contributed by atoms with Crippen molar-refractivity contribution >= 4 is 5.91 Å². The number of ether oxygens (including phenoxy) is 2. The molecule has 1 unspecified atom stereocenters. The predicted octanol–water partition coefficient (Wildman–Crippen LogP) is 1.19. The van der Waals surface area contributed by atoms with Crippen LogP contribution >= 0.6 is 0 Å². The Balaban J connectivity index is 1.77. The second-order valence-corrected chi connectivity index (χ2v) is 4.87. The number of rotatable bonds is 7. The van der Waals surface area contributed by atoms with E-state index in [2.05, 4.69) is 10.6 Å². The SMILES string of the molecule is COCCOc1ccc(C(=O)NCC2CCCN2)cc1. The summed E-state index contributed by atoms with van der Waals surface area (Å²) < 4.78 is 10.4. The zero-order chi connectivity index (χ0) is 14.2. The number of amides is 1. The van der Waals surface area contributed by atoms with Gasteiger partial charge in [-0.15, -0.1) is 0 Å². The highest BCUT2D eigenvalue weighted by Gasteiger charge is 2.15. The molecule has 1 heterocycles. The molecule has 0 aliphatic carbocycles. The van der Waals surface area contributed by atoms with Crippen molar-refractivity contribution in [1.82, 2.24) is 10.6 Å². The molecule has 1 saturated heterocycles. The topological polar surface area (TPSA) is 59.6 Å². The molecule has 2 N–H and O–H groups in total. The van der Waals surface area contributed by atoms with E-state index in [0.717, 1.165) is 18.7 Å². The van der Waals surface area contributed by atoms with Gasteiger partial charge in [0.25, 0.3) is 5.91 Å². The summed E-state index contributed by atoms with van der Waals surface area (Å²) in [7, 11) is 1.63. The molecule has 1 aromatic carbocycles. The normalized spacial score (nSPS) is 17.9. The minimum Gasteiger partial charge on any atom is -0.491 e. The highest BCUT2D eigenvalue weighted by atomic mass is 16.5. The lowest BCUT2D eigenvalue weighted by molar-refractivity contribution is 0.0950. The van der Waals surface area contributed by atoms with Crippen molar-refractivity contribution in [2.45, 2.75) is 18.9 Å². The zero-order valence-corrected chi connectivity index (χ0v) is 11.9. The molecule has 0 saturated carbocycles. The molecule has 1 amide bonds. The van der Waals surface area contributed by atoms with Gasteiger partial charge in [-0.1, -0.05) is 0 Å². The van der Waals surface area contributed by atoms with Gasteiger partial charge in [0.1, 0.15) is 12.4 Å². The van der Waals surface area contributed by atoms with Crippen molar-refractivity contribution in [3.63, 3.8) is 0 Å². The Morgan fingerprint density at radius 3 is 2.80 bits per heavy atom. The summed E-state index contributed by atoms with van der Waals surface area (Å²) >= 11 is 0. The number of hydrogen-bond acceptors (Lipinski definition) is 4. The van der Waals surface area contributed by atoms with Crippen LogP contribution in [0.4, 0.5) is 0 Å². The predicted molar refractivity (Wildman–Crippen MR) is 77.2 cm³/mol. The minimum absolute atomic E-state index is 0.0397. The first-order valence-corrected chi connectivity index (χ1v) is 7.03. The van der Waals surface area contributed by atoms with Crippen molar-refractivity contribution < 1.29 is 14.3 Å². The van der Waals surface area contributed by atoms with Crippen LogP contribution in [-0.2, 0) is 4.74 Å². The average molecular weight is 278 g/mol. The summed E-state index contributed by atoms with van der Waals surface area (Å²) in [5, 5.41) is 6.31. The second kappa shape index (κ2) is 7.87. The Labute approximate surface area is 119 Å². The number of hydrogen-bond donors (Lipinski definition) is 2. The van der Waals surface area contributed by atoms with E-state index in [0.29, 0.717) is 31.4 Å². The third kappa shape index (κ3) is 4.51. The fraction of sp³-hybridized carbons (Fsp3) is 0.533. The number of methoxy groups -OCH3 is 1. The number of carbonyl (C=O) groups excluding carboxylic acids is 1. The third-order valence-corrected chi connectivity index (χ3v) is 3.34. The Morgan fingerprint density at radius 1 is 1.35 bits per heavy atom. The Morgan fingerprint density at radius 2 is 2.15 bits per heavy atom. The number of benzene rings is 1. The fourth-order valence-corrected chi connectivity index (χ4v) is 2.19. The molecule has 0 aromatic heterocycles. The van der Waals surface area contributed by atoms with Crippen LogP contribution in [0, 0.1) is 0 Å². The maximum atomic E-state index is 12.0. The number of carbonyl (C=O) groups is 1. The molecule has 1 aliphatic heterocycles. The van der Waals surface area contributed by atoms with Gasteiger partial charge in [-0.05, 0) is 43.7 Å². The van der Waals surface area contributed by atoms with E-state index in [4.69, 9.17) is 9.47 Å². The van der Waals surface area contributed by atoms with Crippen LogP contribution in [0.3, 0.4) is 0 Å². The van der Waals surface area contributed by atoms with Crippen LogP contribution in [0.1, 0.15) is 23.2 Å². The molecular weight excluding hydrogens is 256 g/mol. The van der Waals surface area contributed by atoms with E-state index in [1.165, 1.54) is 6.42 Å². The summed E-state index contributed by atoms with van der Waals surface area (Å²) in [6.45, 7) is 2.80. The molecule has 110 valence electrons. The maximum absolute atomic E-state index is 12.0. The molecule has 2 rings (SSSR count). The van der Waals surface area contributed by atoms with Gasteiger partial charge in [0.15, 0.2) is 0 Å². The van der Waals surface area contributed by atoms with E-state index in [1.807, 2.05) is 0 Å². The molecule has 5 heteroatoms. The zero-order valence-electron chi connectivity index (χ0n) is 11.9. The summed E-state index contributed by atoms with van der Waals surface area (Å²) in [5.74, 6) is 0.707. The first-order valence-electron chi connectivity index (χ1n) is 7.03. The first kappa shape index (κ1) is 14.8. The largest absolute Gasteiger partial charge is 0.491 e. The summed E-state index contributed by atoms with van der Waals surface area (Å²) in [5.41, 5.74) is 0.655. The standard InChI is InChI=1S/C15H22N2O3/c1-19-9-10-20-14-6-4-12(5-7-14)15(18)17-11-13-3-2-8-16-13/h4-7,13,16H,2-3,8-11H2,1H3,(H,17,18). The first-order chi connectivity index (χ1) is 9.79. The van der Waals surface area contributed by atoms with Crippen LogP contribution in [0.5, 0.6) is 5.75 Å². The van der Waals surface area contributed by atoms with Gasteiger partial charge in [-0.25, -0.2) is 0 Å². The van der Waals surface area contributed by atoms with Crippen LogP contribution in [-0.4, -0.2) is 45.4 Å². The van der Waals surface area contributed by atoms with E-state index in [-0.39, 0.29) is 5.91 Å².